The van der Waals surface area contributed by atoms with E-state index in [4.69, 9.17) is 10.5 Å². The average molecular weight is 267 g/mol. The number of piperazine rings is 1. The molecule has 3 aliphatic rings. The van der Waals surface area contributed by atoms with Crippen LogP contribution in [0.25, 0.3) is 0 Å². The van der Waals surface area contributed by atoms with Crippen LogP contribution in [0.3, 0.4) is 0 Å². The molecule has 3 fully saturated rings. The summed E-state index contributed by atoms with van der Waals surface area (Å²) in [7, 11) is 2.21. The molecule has 110 valence electrons. The number of hydrogen-bond acceptors (Lipinski definition) is 4. The largest absolute Gasteiger partial charge is 0.377 e. The second kappa shape index (κ2) is 4.42. The predicted octanol–water partition coefficient (Wildman–Crippen LogP) is 0.765. The number of likely N-dealkylation sites (N-methyl/N-ethyl adjacent to an activating group) is 1. The molecule has 2 aliphatic heterocycles. The molecule has 4 heteroatoms. The van der Waals surface area contributed by atoms with E-state index in [0.717, 1.165) is 39.2 Å². The molecular formula is C15H29N3O. The predicted molar refractivity (Wildman–Crippen MR) is 77.1 cm³/mol. The lowest BCUT2D eigenvalue weighted by atomic mass is 9.48. The number of nitrogens with zero attached hydrogens (tertiary/aromatic N) is 2. The minimum atomic E-state index is -0.0711. The first-order chi connectivity index (χ1) is 8.86. The molecule has 0 aromatic rings. The molecule has 0 spiro atoms. The maximum atomic E-state index is 6.86. The highest BCUT2D eigenvalue weighted by Crippen LogP contribution is 2.58. The SMILES string of the molecule is CC1CN(C)CCN1CC1(N)C2CCOC2C1(C)C. The fraction of sp³-hybridized carbons (Fsp3) is 1.00. The Morgan fingerprint density at radius 2 is 2.05 bits per heavy atom. The van der Waals surface area contributed by atoms with Crippen molar-refractivity contribution < 1.29 is 4.74 Å². The monoisotopic (exact) mass is 267 g/mol. The molecule has 4 atom stereocenters. The molecule has 2 heterocycles. The summed E-state index contributed by atoms with van der Waals surface area (Å²) < 4.78 is 5.89. The zero-order chi connectivity index (χ0) is 13.8. The number of nitrogens with two attached hydrogens (primary N) is 1. The van der Waals surface area contributed by atoms with Crippen LogP contribution < -0.4 is 5.73 Å². The van der Waals surface area contributed by atoms with Crippen LogP contribution in [-0.2, 0) is 4.74 Å². The van der Waals surface area contributed by atoms with E-state index in [1.807, 2.05) is 0 Å². The van der Waals surface area contributed by atoms with Gasteiger partial charge in [-0.25, -0.2) is 0 Å². The summed E-state index contributed by atoms with van der Waals surface area (Å²) in [5, 5.41) is 0. The van der Waals surface area contributed by atoms with E-state index in [1.54, 1.807) is 0 Å². The minimum absolute atomic E-state index is 0.0711. The van der Waals surface area contributed by atoms with E-state index in [1.165, 1.54) is 0 Å². The van der Waals surface area contributed by atoms with Crippen LogP contribution in [0, 0.1) is 11.3 Å². The summed E-state index contributed by atoms with van der Waals surface area (Å²) in [5.41, 5.74) is 6.90. The van der Waals surface area contributed by atoms with Crippen LogP contribution in [0.15, 0.2) is 0 Å². The third kappa shape index (κ3) is 1.88. The molecular weight excluding hydrogens is 238 g/mol. The summed E-state index contributed by atoms with van der Waals surface area (Å²) >= 11 is 0. The van der Waals surface area contributed by atoms with Crippen LogP contribution in [0.5, 0.6) is 0 Å². The van der Waals surface area contributed by atoms with Crippen LogP contribution in [0.2, 0.25) is 0 Å². The van der Waals surface area contributed by atoms with E-state index in [-0.39, 0.29) is 11.0 Å². The van der Waals surface area contributed by atoms with Crippen molar-refractivity contribution in [2.75, 3.05) is 39.8 Å². The Kier molecular flexibility index (Phi) is 3.21. The average Bonchev–Trinajstić information content (AvgIpc) is 2.80. The molecule has 2 N–H and O–H groups in total. The molecule has 0 aromatic heterocycles. The fourth-order valence-corrected chi connectivity index (χ4v) is 4.54. The van der Waals surface area contributed by atoms with Crippen molar-refractivity contribution >= 4 is 0 Å². The molecule has 4 unspecified atom stereocenters. The molecule has 0 amide bonds. The topological polar surface area (TPSA) is 41.7 Å². The smallest absolute Gasteiger partial charge is 0.0691 e. The van der Waals surface area contributed by atoms with Gasteiger partial charge in [-0.1, -0.05) is 13.8 Å². The summed E-state index contributed by atoms with van der Waals surface area (Å²) in [4.78, 5) is 5.01. The molecule has 1 saturated carbocycles. The zero-order valence-corrected chi connectivity index (χ0v) is 12.9. The fourth-order valence-electron chi connectivity index (χ4n) is 4.54. The normalized spacial score (nSPS) is 46.9. The van der Waals surface area contributed by atoms with Crippen LogP contribution in [0.1, 0.15) is 27.2 Å². The lowest BCUT2D eigenvalue weighted by Crippen LogP contribution is -2.79. The Bertz CT molecular complexity index is 359. The Hall–Kier alpha value is -0.160. The number of hydrogen-bond donors (Lipinski definition) is 1. The Balaban J connectivity index is 1.72. The second-order valence-electron chi connectivity index (χ2n) is 7.53. The van der Waals surface area contributed by atoms with Gasteiger partial charge in [0.25, 0.3) is 0 Å². The van der Waals surface area contributed by atoms with Gasteiger partial charge in [0.1, 0.15) is 0 Å². The molecule has 3 rings (SSSR count). The lowest BCUT2D eigenvalue weighted by Gasteiger charge is -2.64. The number of fused-ring (bicyclic) bond motifs is 1. The maximum Gasteiger partial charge on any atom is 0.0691 e. The van der Waals surface area contributed by atoms with Crippen LogP contribution in [0.4, 0.5) is 0 Å². The summed E-state index contributed by atoms with van der Waals surface area (Å²) in [6, 6.07) is 0.608. The lowest BCUT2D eigenvalue weighted by molar-refractivity contribution is -0.167. The van der Waals surface area contributed by atoms with Crippen molar-refractivity contribution in [2.24, 2.45) is 17.1 Å². The van der Waals surface area contributed by atoms with Gasteiger partial charge in [-0.15, -0.1) is 0 Å². The van der Waals surface area contributed by atoms with Gasteiger partial charge >= 0.3 is 0 Å². The van der Waals surface area contributed by atoms with E-state index >= 15 is 0 Å². The first kappa shape index (κ1) is 13.8. The third-order valence-corrected chi connectivity index (χ3v) is 6.10. The maximum absolute atomic E-state index is 6.86. The van der Waals surface area contributed by atoms with Crippen molar-refractivity contribution in [1.82, 2.24) is 9.80 Å². The van der Waals surface area contributed by atoms with Gasteiger partial charge in [0.2, 0.25) is 0 Å². The second-order valence-corrected chi connectivity index (χ2v) is 7.53. The van der Waals surface area contributed by atoms with E-state index in [9.17, 15) is 0 Å². The van der Waals surface area contributed by atoms with E-state index in [0.29, 0.717) is 18.1 Å². The Labute approximate surface area is 117 Å². The third-order valence-electron chi connectivity index (χ3n) is 6.10. The highest BCUT2D eigenvalue weighted by atomic mass is 16.5. The van der Waals surface area contributed by atoms with Crippen molar-refractivity contribution in [1.29, 1.82) is 0 Å². The zero-order valence-electron chi connectivity index (χ0n) is 12.9. The quantitative estimate of drug-likeness (QED) is 0.802. The van der Waals surface area contributed by atoms with Gasteiger partial charge in [-0.2, -0.15) is 0 Å². The van der Waals surface area contributed by atoms with E-state index < -0.39 is 0 Å². The van der Waals surface area contributed by atoms with Crippen molar-refractivity contribution in [2.45, 2.75) is 44.9 Å². The van der Waals surface area contributed by atoms with Gasteiger partial charge in [-0.05, 0) is 20.4 Å². The molecule has 0 radical (unpaired) electrons. The highest BCUT2D eigenvalue weighted by Gasteiger charge is 2.67. The van der Waals surface area contributed by atoms with Crippen molar-refractivity contribution in [3.05, 3.63) is 0 Å². The molecule has 1 aliphatic carbocycles. The summed E-state index contributed by atoms with van der Waals surface area (Å²) in [6.45, 7) is 12.3. The summed E-state index contributed by atoms with van der Waals surface area (Å²) in [6.07, 6.45) is 1.53. The molecule has 19 heavy (non-hydrogen) atoms. The molecule has 4 nitrogen and oxygen atoms in total. The standard InChI is InChI=1S/C15H29N3O/c1-11-9-17(4)6-7-18(11)10-15(16)12-5-8-19-13(12)14(15,2)3/h11-13H,5-10,16H2,1-4H3. The number of rotatable bonds is 2. The molecule has 2 saturated heterocycles. The van der Waals surface area contributed by atoms with Crippen molar-refractivity contribution in [3.63, 3.8) is 0 Å². The summed E-state index contributed by atoms with van der Waals surface area (Å²) in [5.74, 6) is 0.564. The van der Waals surface area contributed by atoms with Gasteiger partial charge in [0.15, 0.2) is 0 Å². The highest BCUT2D eigenvalue weighted by molar-refractivity contribution is 5.21. The van der Waals surface area contributed by atoms with E-state index in [2.05, 4.69) is 37.6 Å². The van der Waals surface area contributed by atoms with Gasteiger partial charge in [-0.3, -0.25) is 4.90 Å². The Morgan fingerprint density at radius 1 is 1.32 bits per heavy atom. The van der Waals surface area contributed by atoms with Gasteiger partial charge < -0.3 is 15.4 Å². The molecule has 0 bridgehead atoms. The van der Waals surface area contributed by atoms with Crippen LogP contribution >= 0.6 is 0 Å². The number of ether oxygens (including phenoxy) is 1. The van der Waals surface area contributed by atoms with Gasteiger partial charge in [0.05, 0.1) is 6.10 Å². The molecule has 0 aromatic carbocycles. The van der Waals surface area contributed by atoms with Gasteiger partial charge in [0, 0.05) is 55.7 Å². The van der Waals surface area contributed by atoms with Crippen molar-refractivity contribution in [3.8, 4) is 0 Å². The minimum Gasteiger partial charge on any atom is -0.377 e. The first-order valence-electron chi connectivity index (χ1n) is 7.69. The van der Waals surface area contributed by atoms with Crippen LogP contribution in [-0.4, -0.2) is 67.3 Å². The Morgan fingerprint density at radius 3 is 2.74 bits per heavy atom. The first-order valence-corrected chi connectivity index (χ1v) is 7.69.